The molecule has 1 heterocycles. The summed E-state index contributed by atoms with van der Waals surface area (Å²) in [5.74, 6) is 1.05. The van der Waals surface area contributed by atoms with Crippen molar-refractivity contribution in [3.8, 4) is 0 Å². The zero-order valence-electron chi connectivity index (χ0n) is 13.6. The first kappa shape index (κ1) is 15.7. The molecule has 1 aromatic heterocycles. The lowest BCUT2D eigenvalue weighted by atomic mass is 10.1. The summed E-state index contributed by atoms with van der Waals surface area (Å²) in [6.45, 7) is 11.4. The molecule has 114 valence electrons. The number of aryl methyl sites for hydroxylation is 2. The van der Waals surface area contributed by atoms with E-state index in [1.54, 1.807) is 6.33 Å². The van der Waals surface area contributed by atoms with Crippen molar-refractivity contribution in [2.24, 2.45) is 0 Å². The first-order valence-corrected chi connectivity index (χ1v) is 7.80. The molecule has 21 heavy (non-hydrogen) atoms. The van der Waals surface area contributed by atoms with Gasteiger partial charge in [-0.05, 0) is 32.8 Å². The Morgan fingerprint density at radius 2 is 1.86 bits per heavy atom. The number of hydrogen-bond acceptors (Lipinski definition) is 3. The van der Waals surface area contributed by atoms with Crippen LogP contribution in [-0.4, -0.2) is 25.7 Å². The Bertz CT molecular complexity index is 544. The van der Waals surface area contributed by atoms with E-state index >= 15 is 0 Å². The highest BCUT2D eigenvalue weighted by molar-refractivity contribution is 5.21. The lowest BCUT2D eigenvalue weighted by Crippen LogP contribution is -2.32. The molecule has 0 N–H and O–H groups in total. The summed E-state index contributed by atoms with van der Waals surface area (Å²) in [6, 6.07) is 9.32. The number of hydrogen-bond donors (Lipinski definition) is 0. The van der Waals surface area contributed by atoms with Crippen LogP contribution in [0.25, 0.3) is 0 Å². The molecule has 2 aromatic rings. The van der Waals surface area contributed by atoms with Gasteiger partial charge >= 0.3 is 0 Å². The monoisotopic (exact) mass is 286 g/mol. The molecule has 0 fully saturated rings. The molecule has 0 unspecified atom stereocenters. The summed E-state index contributed by atoms with van der Waals surface area (Å²) in [5.41, 5.74) is 2.66. The SMILES string of the molecule is CC[C@@H](C)N(Cc1ccc(C)cc1)Cc1ncnn1CC. The maximum Gasteiger partial charge on any atom is 0.141 e. The molecule has 0 saturated heterocycles. The van der Waals surface area contributed by atoms with Crippen LogP contribution in [0.1, 0.15) is 44.1 Å². The maximum atomic E-state index is 4.41. The number of nitrogens with zero attached hydrogens (tertiary/aromatic N) is 4. The Morgan fingerprint density at radius 3 is 2.48 bits per heavy atom. The van der Waals surface area contributed by atoms with Crippen molar-refractivity contribution < 1.29 is 0 Å². The molecule has 0 spiro atoms. The Hall–Kier alpha value is -1.68. The molecule has 0 aliphatic heterocycles. The van der Waals surface area contributed by atoms with Crippen molar-refractivity contribution in [3.05, 3.63) is 47.5 Å². The number of rotatable bonds is 7. The summed E-state index contributed by atoms with van der Waals surface area (Å²) in [4.78, 5) is 6.88. The van der Waals surface area contributed by atoms with Gasteiger partial charge in [-0.15, -0.1) is 0 Å². The second kappa shape index (κ2) is 7.36. The predicted octanol–water partition coefficient (Wildman–Crippen LogP) is 3.41. The van der Waals surface area contributed by atoms with E-state index in [0.717, 1.165) is 31.9 Å². The van der Waals surface area contributed by atoms with E-state index in [9.17, 15) is 0 Å². The molecule has 0 bridgehead atoms. The van der Waals surface area contributed by atoms with Crippen LogP contribution in [0.15, 0.2) is 30.6 Å². The Kier molecular flexibility index (Phi) is 5.51. The molecule has 0 saturated carbocycles. The van der Waals surface area contributed by atoms with Gasteiger partial charge in [-0.1, -0.05) is 36.8 Å². The van der Waals surface area contributed by atoms with Gasteiger partial charge in [-0.3, -0.25) is 4.90 Å². The van der Waals surface area contributed by atoms with Crippen LogP contribution in [0.5, 0.6) is 0 Å². The third-order valence-electron chi connectivity index (χ3n) is 4.06. The van der Waals surface area contributed by atoms with E-state index in [4.69, 9.17) is 0 Å². The quantitative estimate of drug-likeness (QED) is 0.782. The minimum absolute atomic E-state index is 0.522. The van der Waals surface area contributed by atoms with Gasteiger partial charge in [-0.2, -0.15) is 5.10 Å². The standard InChI is InChI=1S/C17H26N4/c1-5-15(4)20(11-16-9-7-14(3)8-10-16)12-17-18-13-19-21(17)6-2/h7-10,13,15H,5-6,11-12H2,1-4H3/t15-/m1/s1. The van der Waals surface area contributed by atoms with Crippen LogP contribution in [0, 0.1) is 6.92 Å². The third kappa shape index (κ3) is 4.14. The van der Waals surface area contributed by atoms with Crippen LogP contribution in [0.2, 0.25) is 0 Å². The molecular weight excluding hydrogens is 260 g/mol. The van der Waals surface area contributed by atoms with Crippen molar-refractivity contribution in [1.82, 2.24) is 19.7 Å². The van der Waals surface area contributed by atoms with Crippen LogP contribution in [0.4, 0.5) is 0 Å². The average Bonchev–Trinajstić information content (AvgIpc) is 2.95. The van der Waals surface area contributed by atoms with Crippen LogP contribution < -0.4 is 0 Å². The highest BCUT2D eigenvalue weighted by Gasteiger charge is 2.16. The van der Waals surface area contributed by atoms with Crippen LogP contribution in [-0.2, 0) is 19.6 Å². The third-order valence-corrected chi connectivity index (χ3v) is 4.06. The predicted molar refractivity (Wildman–Crippen MR) is 85.9 cm³/mol. The van der Waals surface area contributed by atoms with Crippen LogP contribution >= 0.6 is 0 Å². The highest BCUT2D eigenvalue weighted by atomic mass is 15.3. The summed E-state index contributed by atoms with van der Waals surface area (Å²) < 4.78 is 1.98. The topological polar surface area (TPSA) is 34.0 Å². The van der Waals surface area contributed by atoms with Crippen LogP contribution in [0.3, 0.4) is 0 Å². The van der Waals surface area contributed by atoms with Gasteiger partial charge in [0.05, 0.1) is 6.54 Å². The van der Waals surface area contributed by atoms with Crippen molar-refractivity contribution in [2.75, 3.05) is 0 Å². The molecule has 4 heteroatoms. The molecule has 1 atom stereocenters. The van der Waals surface area contributed by atoms with Gasteiger partial charge in [0, 0.05) is 19.1 Å². The Morgan fingerprint density at radius 1 is 1.14 bits per heavy atom. The molecule has 2 rings (SSSR count). The molecule has 4 nitrogen and oxygen atoms in total. The Balaban J connectivity index is 2.13. The number of benzene rings is 1. The second-order valence-corrected chi connectivity index (χ2v) is 5.64. The molecule has 0 aliphatic rings. The summed E-state index contributed by atoms with van der Waals surface area (Å²) in [6.07, 6.45) is 2.78. The van der Waals surface area contributed by atoms with E-state index in [2.05, 4.69) is 66.9 Å². The average molecular weight is 286 g/mol. The first-order chi connectivity index (χ1) is 10.1. The summed E-state index contributed by atoms with van der Waals surface area (Å²) >= 11 is 0. The fourth-order valence-electron chi connectivity index (χ4n) is 2.41. The number of aromatic nitrogens is 3. The van der Waals surface area contributed by atoms with E-state index in [-0.39, 0.29) is 0 Å². The fraction of sp³-hybridized carbons (Fsp3) is 0.529. The van der Waals surface area contributed by atoms with Gasteiger partial charge in [0.2, 0.25) is 0 Å². The molecule has 0 amide bonds. The van der Waals surface area contributed by atoms with E-state index < -0.39 is 0 Å². The molecular formula is C17H26N4. The van der Waals surface area contributed by atoms with Crippen molar-refractivity contribution >= 4 is 0 Å². The zero-order chi connectivity index (χ0) is 15.2. The van der Waals surface area contributed by atoms with Crippen molar-refractivity contribution in [1.29, 1.82) is 0 Å². The largest absolute Gasteiger partial charge is 0.289 e. The van der Waals surface area contributed by atoms with E-state index in [0.29, 0.717) is 6.04 Å². The second-order valence-electron chi connectivity index (χ2n) is 5.64. The van der Waals surface area contributed by atoms with Gasteiger partial charge in [0.1, 0.15) is 12.2 Å². The fourth-order valence-corrected chi connectivity index (χ4v) is 2.41. The van der Waals surface area contributed by atoms with E-state index in [1.807, 2.05) is 4.68 Å². The minimum atomic E-state index is 0.522. The first-order valence-electron chi connectivity index (χ1n) is 7.80. The smallest absolute Gasteiger partial charge is 0.141 e. The van der Waals surface area contributed by atoms with Gasteiger partial charge in [0.15, 0.2) is 0 Å². The van der Waals surface area contributed by atoms with E-state index in [1.165, 1.54) is 11.1 Å². The van der Waals surface area contributed by atoms with Gasteiger partial charge < -0.3 is 0 Å². The normalized spacial score (nSPS) is 12.8. The molecule has 1 aromatic carbocycles. The minimum Gasteiger partial charge on any atom is -0.289 e. The summed E-state index contributed by atoms with van der Waals surface area (Å²) in [7, 11) is 0. The highest BCUT2D eigenvalue weighted by Crippen LogP contribution is 2.14. The zero-order valence-corrected chi connectivity index (χ0v) is 13.6. The van der Waals surface area contributed by atoms with Crippen molar-refractivity contribution in [2.45, 2.75) is 59.8 Å². The van der Waals surface area contributed by atoms with Gasteiger partial charge in [-0.25, -0.2) is 9.67 Å². The molecule has 0 aliphatic carbocycles. The summed E-state index contributed by atoms with van der Waals surface area (Å²) in [5, 5.41) is 4.27. The van der Waals surface area contributed by atoms with Crippen molar-refractivity contribution in [3.63, 3.8) is 0 Å². The maximum absolute atomic E-state index is 4.41. The lowest BCUT2D eigenvalue weighted by Gasteiger charge is -2.28. The van der Waals surface area contributed by atoms with Gasteiger partial charge in [0.25, 0.3) is 0 Å². The Labute approximate surface area is 127 Å². The molecule has 0 radical (unpaired) electrons. The lowest BCUT2D eigenvalue weighted by molar-refractivity contribution is 0.178.